The SMILES string of the molecule is CCCCN(C(=O)CSc1ccnc2ccccc12)c1c(N)n(Cc2ccccc2)c(=O)[nH]c1=O. The zero-order valence-electron chi connectivity index (χ0n) is 19.4. The summed E-state index contributed by atoms with van der Waals surface area (Å²) in [6, 6.07) is 18.9. The van der Waals surface area contributed by atoms with E-state index in [9.17, 15) is 14.4 Å². The molecule has 0 saturated carbocycles. The molecule has 0 aliphatic heterocycles. The predicted octanol–water partition coefficient (Wildman–Crippen LogP) is 3.64. The van der Waals surface area contributed by atoms with Crippen LogP contribution in [0.15, 0.2) is 81.3 Å². The number of aromatic amines is 1. The summed E-state index contributed by atoms with van der Waals surface area (Å²) >= 11 is 1.38. The van der Waals surface area contributed by atoms with Gasteiger partial charge in [0.25, 0.3) is 5.56 Å². The summed E-state index contributed by atoms with van der Waals surface area (Å²) < 4.78 is 1.29. The molecule has 0 unspecified atom stereocenters. The van der Waals surface area contributed by atoms with E-state index in [1.807, 2.05) is 67.6 Å². The van der Waals surface area contributed by atoms with E-state index in [4.69, 9.17) is 5.73 Å². The molecule has 0 aliphatic rings. The van der Waals surface area contributed by atoms with Gasteiger partial charge in [-0.15, -0.1) is 11.8 Å². The topological polar surface area (TPSA) is 114 Å². The van der Waals surface area contributed by atoms with Crippen molar-refractivity contribution in [3.63, 3.8) is 0 Å². The number of rotatable bonds is 9. The van der Waals surface area contributed by atoms with Gasteiger partial charge in [-0.3, -0.25) is 24.1 Å². The largest absolute Gasteiger partial charge is 0.383 e. The minimum atomic E-state index is -0.666. The van der Waals surface area contributed by atoms with E-state index in [1.165, 1.54) is 21.2 Å². The number of nitrogens with one attached hydrogen (secondary N) is 1. The van der Waals surface area contributed by atoms with Gasteiger partial charge in [0.05, 0.1) is 17.8 Å². The average molecular weight is 490 g/mol. The molecule has 0 aliphatic carbocycles. The lowest BCUT2D eigenvalue weighted by atomic mass is 10.2. The van der Waals surface area contributed by atoms with Crippen LogP contribution in [-0.4, -0.2) is 32.7 Å². The van der Waals surface area contributed by atoms with E-state index in [0.717, 1.165) is 27.8 Å². The van der Waals surface area contributed by atoms with Crippen molar-refractivity contribution in [2.24, 2.45) is 0 Å². The molecular weight excluding hydrogens is 462 g/mol. The summed E-state index contributed by atoms with van der Waals surface area (Å²) in [5.41, 5.74) is 6.80. The van der Waals surface area contributed by atoms with Crippen molar-refractivity contribution in [1.29, 1.82) is 0 Å². The van der Waals surface area contributed by atoms with Crippen LogP contribution in [0.4, 0.5) is 11.5 Å². The lowest BCUT2D eigenvalue weighted by Crippen LogP contribution is -2.42. The molecule has 0 bridgehead atoms. The molecule has 4 aromatic rings. The number of carbonyl (C=O) groups excluding carboxylic acids is 1. The molecule has 35 heavy (non-hydrogen) atoms. The van der Waals surface area contributed by atoms with Gasteiger partial charge in [0.15, 0.2) is 5.69 Å². The fourth-order valence-corrected chi connectivity index (χ4v) is 4.77. The quantitative estimate of drug-likeness (QED) is 0.347. The maximum absolute atomic E-state index is 13.4. The van der Waals surface area contributed by atoms with Gasteiger partial charge in [0.2, 0.25) is 5.91 Å². The molecule has 0 spiro atoms. The number of nitrogens with two attached hydrogens (primary N) is 1. The maximum atomic E-state index is 13.4. The predicted molar refractivity (Wildman–Crippen MR) is 141 cm³/mol. The molecule has 9 heteroatoms. The zero-order valence-corrected chi connectivity index (χ0v) is 20.3. The number of H-pyrrole nitrogens is 1. The molecule has 0 fully saturated rings. The van der Waals surface area contributed by atoms with E-state index < -0.39 is 11.2 Å². The van der Waals surface area contributed by atoms with Gasteiger partial charge in [-0.05, 0) is 24.1 Å². The Bertz CT molecular complexity index is 1440. The molecule has 4 rings (SSSR count). The normalized spacial score (nSPS) is 11.0. The summed E-state index contributed by atoms with van der Waals surface area (Å²) in [4.78, 5) is 47.9. The Kier molecular flexibility index (Phi) is 7.67. The van der Waals surface area contributed by atoms with Gasteiger partial charge in [-0.1, -0.05) is 61.9 Å². The highest BCUT2D eigenvalue weighted by Crippen LogP contribution is 2.28. The summed E-state index contributed by atoms with van der Waals surface area (Å²) in [6.07, 6.45) is 3.23. The first-order chi connectivity index (χ1) is 17.0. The number of hydrogen-bond acceptors (Lipinski definition) is 6. The molecule has 0 saturated heterocycles. The highest BCUT2D eigenvalue weighted by molar-refractivity contribution is 8.00. The Balaban J connectivity index is 1.65. The lowest BCUT2D eigenvalue weighted by Gasteiger charge is -2.24. The summed E-state index contributed by atoms with van der Waals surface area (Å²) in [5.74, 6) is -0.174. The fourth-order valence-electron chi connectivity index (χ4n) is 3.85. The van der Waals surface area contributed by atoms with Crippen LogP contribution in [0.2, 0.25) is 0 Å². The van der Waals surface area contributed by atoms with Crippen LogP contribution >= 0.6 is 11.8 Å². The first kappa shape index (κ1) is 24.3. The number of unbranched alkanes of at least 4 members (excludes halogenated alkanes) is 1. The van der Waals surface area contributed by atoms with Gasteiger partial charge >= 0.3 is 5.69 Å². The van der Waals surface area contributed by atoms with E-state index in [1.54, 1.807) is 6.20 Å². The Morgan fingerprint density at radius 1 is 1.09 bits per heavy atom. The Hall–Kier alpha value is -3.85. The minimum Gasteiger partial charge on any atom is -0.383 e. The molecular formula is C26H27N5O3S. The second kappa shape index (κ2) is 11.1. The van der Waals surface area contributed by atoms with E-state index >= 15 is 0 Å². The second-order valence-corrected chi connectivity index (χ2v) is 9.10. The Morgan fingerprint density at radius 3 is 2.60 bits per heavy atom. The molecule has 2 aromatic heterocycles. The number of benzene rings is 2. The number of carbonyl (C=O) groups is 1. The standard InChI is InChI=1S/C26H27N5O3S/c1-2-3-15-30(22(32)17-35-21-13-14-28-20-12-8-7-11-19(20)21)23-24(27)31(26(34)29-25(23)33)16-18-9-5-4-6-10-18/h4-14H,2-3,15-17,27H2,1H3,(H,29,33,34). The smallest absolute Gasteiger partial charge is 0.330 e. The number of pyridine rings is 1. The zero-order chi connectivity index (χ0) is 24.8. The van der Waals surface area contributed by atoms with Crippen molar-refractivity contribution in [1.82, 2.24) is 14.5 Å². The third-order valence-corrected chi connectivity index (χ3v) is 6.72. The summed E-state index contributed by atoms with van der Waals surface area (Å²) in [6.45, 7) is 2.51. The second-order valence-electron chi connectivity index (χ2n) is 8.08. The number of nitrogen functional groups attached to an aromatic ring is 1. The van der Waals surface area contributed by atoms with Crippen LogP contribution in [0.5, 0.6) is 0 Å². The molecule has 2 aromatic carbocycles. The van der Waals surface area contributed by atoms with E-state index in [0.29, 0.717) is 13.0 Å². The molecule has 0 atom stereocenters. The van der Waals surface area contributed by atoms with Crippen LogP contribution in [0.3, 0.4) is 0 Å². The monoisotopic (exact) mass is 489 g/mol. The van der Waals surface area contributed by atoms with Crippen molar-refractivity contribution in [2.45, 2.75) is 31.2 Å². The van der Waals surface area contributed by atoms with Gasteiger partial charge in [0, 0.05) is 23.0 Å². The van der Waals surface area contributed by atoms with Gasteiger partial charge < -0.3 is 10.6 Å². The molecule has 1 amide bonds. The number of aromatic nitrogens is 3. The lowest BCUT2D eigenvalue weighted by molar-refractivity contribution is -0.116. The maximum Gasteiger partial charge on any atom is 0.330 e. The van der Waals surface area contributed by atoms with Gasteiger partial charge in [-0.2, -0.15) is 0 Å². The molecule has 2 heterocycles. The summed E-state index contributed by atoms with van der Waals surface area (Å²) in [7, 11) is 0. The van der Waals surface area contributed by atoms with Crippen LogP contribution in [0.25, 0.3) is 10.9 Å². The minimum absolute atomic E-state index is 0.0131. The molecule has 180 valence electrons. The molecule has 3 N–H and O–H groups in total. The van der Waals surface area contributed by atoms with Crippen LogP contribution < -0.4 is 21.9 Å². The Morgan fingerprint density at radius 2 is 1.83 bits per heavy atom. The van der Waals surface area contributed by atoms with Crippen molar-refractivity contribution >= 4 is 40.1 Å². The van der Waals surface area contributed by atoms with E-state index in [2.05, 4.69) is 9.97 Å². The number of hydrogen-bond donors (Lipinski definition) is 2. The van der Waals surface area contributed by atoms with Crippen molar-refractivity contribution in [2.75, 3.05) is 22.9 Å². The average Bonchev–Trinajstić information content (AvgIpc) is 2.87. The fraction of sp³-hybridized carbons (Fsp3) is 0.231. The van der Waals surface area contributed by atoms with Crippen LogP contribution in [0, 0.1) is 0 Å². The van der Waals surface area contributed by atoms with Gasteiger partial charge in [-0.25, -0.2) is 4.79 Å². The van der Waals surface area contributed by atoms with Crippen molar-refractivity contribution in [3.05, 3.63) is 93.3 Å². The third-order valence-electron chi connectivity index (χ3n) is 5.66. The van der Waals surface area contributed by atoms with Crippen molar-refractivity contribution in [3.8, 4) is 0 Å². The van der Waals surface area contributed by atoms with Crippen LogP contribution in [0.1, 0.15) is 25.3 Å². The highest BCUT2D eigenvalue weighted by atomic mass is 32.2. The Labute approximate surface area is 206 Å². The number of nitrogens with zero attached hydrogens (tertiary/aromatic N) is 3. The summed E-state index contributed by atoms with van der Waals surface area (Å²) in [5, 5.41) is 0.960. The number of anilines is 2. The van der Waals surface area contributed by atoms with Gasteiger partial charge in [0.1, 0.15) is 5.82 Å². The number of thioether (sulfide) groups is 1. The first-order valence-electron chi connectivity index (χ1n) is 11.4. The number of fused-ring (bicyclic) bond motifs is 1. The third kappa shape index (κ3) is 5.46. The number of amides is 1. The first-order valence-corrected chi connectivity index (χ1v) is 12.4. The highest BCUT2D eigenvalue weighted by Gasteiger charge is 2.24. The molecule has 8 nitrogen and oxygen atoms in total. The number of para-hydroxylation sites is 1. The van der Waals surface area contributed by atoms with E-state index in [-0.39, 0.29) is 29.7 Å². The molecule has 0 radical (unpaired) electrons. The van der Waals surface area contributed by atoms with Crippen LogP contribution in [-0.2, 0) is 11.3 Å². The van der Waals surface area contributed by atoms with Crippen molar-refractivity contribution < 1.29 is 4.79 Å².